The fourth-order valence-corrected chi connectivity index (χ4v) is 3.84. The van der Waals surface area contributed by atoms with Gasteiger partial charge in [0.2, 0.25) is 5.91 Å². The summed E-state index contributed by atoms with van der Waals surface area (Å²) in [6.45, 7) is -1.07. The predicted molar refractivity (Wildman–Crippen MR) is 130 cm³/mol. The molecule has 1 aromatic heterocycles. The van der Waals surface area contributed by atoms with Gasteiger partial charge in [0, 0.05) is 16.3 Å². The average molecular weight is 539 g/mol. The smallest absolute Gasteiger partial charge is 0.548 e. The molecule has 0 aliphatic heterocycles. The number of aliphatic carboxylic acids is 1. The van der Waals surface area contributed by atoms with Crippen LogP contribution in [0.3, 0.4) is 0 Å². The first-order valence-corrected chi connectivity index (χ1v) is 10.7. The molecule has 1 amide bonds. The van der Waals surface area contributed by atoms with Gasteiger partial charge in [-0.15, -0.1) is 0 Å². The summed E-state index contributed by atoms with van der Waals surface area (Å²) in [6, 6.07) is 12.6. The van der Waals surface area contributed by atoms with Gasteiger partial charge in [-0.3, -0.25) is 19.6 Å². The van der Waals surface area contributed by atoms with Crippen LogP contribution in [0.15, 0.2) is 48.5 Å². The number of benzene rings is 2. The second-order valence-corrected chi connectivity index (χ2v) is 8.05. The molecule has 0 saturated carbocycles. The molecular formula is C21H16ClN6NaO4S2. The van der Waals surface area contributed by atoms with E-state index in [1.54, 1.807) is 34.9 Å². The van der Waals surface area contributed by atoms with Crippen molar-refractivity contribution < 1.29 is 49.4 Å². The number of amides is 1. The number of carboxylic acid groups (broad SMARTS) is 1. The van der Waals surface area contributed by atoms with Gasteiger partial charge in [-0.1, -0.05) is 11.6 Å². The molecule has 1 heterocycles. The van der Waals surface area contributed by atoms with Crippen molar-refractivity contribution in [3.63, 3.8) is 0 Å². The SMILES string of the molecule is N#C/C=C(\O)c1ccc(Cl)cc1N(CC(=O)[O-])CC(=O)Nc1ccc(-n2c(=S)[nH][nH]c2=S)cc1.[Na+]. The number of hydrogen-bond donors (Lipinski definition) is 4. The van der Waals surface area contributed by atoms with Crippen molar-refractivity contribution in [2.75, 3.05) is 23.3 Å². The summed E-state index contributed by atoms with van der Waals surface area (Å²) in [5, 5.41) is 38.7. The standard InChI is InChI=1S/C21H17ClN6O4S2.Na/c22-12-1-6-15(17(29)7-8-23)16(9-12)27(11-19(31)32)10-18(30)24-13-2-4-14(5-3-13)28-20(33)25-26-21(28)34;/h1-7,9,29H,10-11H2,(H,24,30)(H,25,33)(H,26,34)(H,31,32);/q;+1/p-1/b17-7-;. The zero-order chi connectivity index (χ0) is 24.8. The maximum absolute atomic E-state index is 12.7. The molecule has 0 unspecified atom stereocenters. The number of aliphatic hydroxyl groups excluding tert-OH is 1. The van der Waals surface area contributed by atoms with Crippen molar-refractivity contribution >= 4 is 65.0 Å². The van der Waals surface area contributed by atoms with Crippen LogP contribution in [0.2, 0.25) is 5.02 Å². The summed E-state index contributed by atoms with van der Waals surface area (Å²) < 4.78 is 2.36. The first-order chi connectivity index (χ1) is 16.2. The molecule has 0 atom stereocenters. The number of aliphatic hydroxyl groups is 1. The Morgan fingerprint density at radius 2 is 1.80 bits per heavy atom. The molecule has 3 aromatic rings. The van der Waals surface area contributed by atoms with Crippen molar-refractivity contribution in [3.8, 4) is 11.8 Å². The van der Waals surface area contributed by atoms with E-state index in [1.165, 1.54) is 23.1 Å². The molecule has 0 radical (unpaired) electrons. The second-order valence-electron chi connectivity index (χ2n) is 6.84. The fraction of sp³-hybridized carbons (Fsp3) is 0.0952. The minimum atomic E-state index is -1.45. The fourth-order valence-electron chi connectivity index (χ4n) is 3.12. The number of hydrogen-bond acceptors (Lipinski definition) is 8. The van der Waals surface area contributed by atoms with Crippen LogP contribution >= 0.6 is 36.0 Å². The summed E-state index contributed by atoms with van der Waals surface area (Å²) >= 11 is 16.4. The topological polar surface area (TPSA) is 153 Å². The third kappa shape index (κ3) is 7.28. The molecule has 3 rings (SSSR count). The maximum atomic E-state index is 12.7. The molecule has 0 aliphatic rings. The first-order valence-electron chi connectivity index (χ1n) is 9.53. The summed E-state index contributed by atoms with van der Waals surface area (Å²) in [6.07, 6.45) is 0.883. The Balaban J connectivity index is 0.00000432. The number of nitriles is 1. The van der Waals surface area contributed by atoms with E-state index in [2.05, 4.69) is 15.5 Å². The van der Waals surface area contributed by atoms with Crippen molar-refractivity contribution in [2.24, 2.45) is 0 Å². The number of nitrogens with one attached hydrogen (secondary N) is 3. The molecular weight excluding hydrogens is 523 g/mol. The molecule has 0 fully saturated rings. The summed E-state index contributed by atoms with van der Waals surface area (Å²) in [7, 11) is 0. The number of rotatable bonds is 8. The van der Waals surface area contributed by atoms with E-state index in [1.807, 2.05) is 0 Å². The predicted octanol–water partition coefficient (Wildman–Crippen LogP) is -0.133. The van der Waals surface area contributed by atoms with Crippen LogP contribution < -0.4 is 44.9 Å². The van der Waals surface area contributed by atoms with Crippen molar-refractivity contribution in [3.05, 3.63) is 68.7 Å². The number of aromatic amines is 2. The van der Waals surface area contributed by atoms with Gasteiger partial charge in [-0.05, 0) is 66.9 Å². The van der Waals surface area contributed by atoms with E-state index in [4.69, 9.17) is 41.3 Å². The largest absolute Gasteiger partial charge is 1.00 e. The summed E-state index contributed by atoms with van der Waals surface area (Å²) in [5.74, 6) is -2.40. The Hall–Kier alpha value is -2.92. The molecule has 14 heteroatoms. The zero-order valence-corrected chi connectivity index (χ0v) is 22.6. The molecule has 0 aliphatic carbocycles. The van der Waals surface area contributed by atoms with Crippen molar-refractivity contribution in [1.82, 2.24) is 14.8 Å². The van der Waals surface area contributed by atoms with Crippen molar-refractivity contribution in [1.29, 1.82) is 5.26 Å². The van der Waals surface area contributed by atoms with Gasteiger partial charge in [0.1, 0.15) is 5.76 Å². The van der Waals surface area contributed by atoms with Gasteiger partial charge >= 0.3 is 29.6 Å². The molecule has 2 aromatic carbocycles. The molecule has 0 saturated heterocycles. The number of allylic oxidation sites excluding steroid dienone is 1. The van der Waals surface area contributed by atoms with Gasteiger partial charge in [-0.2, -0.15) is 5.26 Å². The number of halogens is 1. The third-order valence-electron chi connectivity index (χ3n) is 4.52. The van der Waals surface area contributed by atoms with Crippen LogP contribution in [0.1, 0.15) is 5.56 Å². The number of aromatic nitrogens is 3. The summed E-state index contributed by atoms with van der Waals surface area (Å²) in [5.41, 5.74) is 1.39. The molecule has 4 N–H and O–H groups in total. The number of anilines is 2. The number of carboxylic acids is 1. The first kappa shape index (κ1) is 28.3. The van der Waals surface area contributed by atoms with E-state index in [-0.39, 0.29) is 45.8 Å². The number of H-pyrrole nitrogens is 2. The van der Waals surface area contributed by atoms with Gasteiger partial charge in [0.25, 0.3) is 0 Å². The Morgan fingerprint density at radius 3 is 2.37 bits per heavy atom. The molecule has 174 valence electrons. The Morgan fingerprint density at radius 1 is 1.17 bits per heavy atom. The van der Waals surface area contributed by atoms with Crippen LogP contribution in [0.4, 0.5) is 11.4 Å². The van der Waals surface area contributed by atoms with Gasteiger partial charge in [0.05, 0.1) is 42.6 Å². The molecule has 0 spiro atoms. The molecule has 35 heavy (non-hydrogen) atoms. The monoisotopic (exact) mass is 538 g/mol. The maximum Gasteiger partial charge on any atom is 1.00 e. The minimum Gasteiger partial charge on any atom is -0.548 e. The summed E-state index contributed by atoms with van der Waals surface area (Å²) in [4.78, 5) is 25.2. The normalized spacial score (nSPS) is 10.7. The van der Waals surface area contributed by atoms with Crippen LogP contribution in [0.25, 0.3) is 11.4 Å². The molecule has 10 nitrogen and oxygen atoms in total. The van der Waals surface area contributed by atoms with Gasteiger partial charge < -0.3 is 25.2 Å². The van der Waals surface area contributed by atoms with Crippen LogP contribution in [-0.2, 0) is 9.59 Å². The number of carbonyl (C=O) groups excluding carboxylic acids is 2. The van der Waals surface area contributed by atoms with E-state index >= 15 is 0 Å². The third-order valence-corrected chi connectivity index (χ3v) is 5.33. The number of carbonyl (C=O) groups is 2. The number of nitrogens with zero attached hydrogens (tertiary/aromatic N) is 3. The van der Waals surface area contributed by atoms with Gasteiger partial charge in [0.15, 0.2) is 9.54 Å². The Kier molecular flexibility index (Phi) is 10.3. The van der Waals surface area contributed by atoms with E-state index in [9.17, 15) is 19.8 Å². The minimum absolute atomic E-state index is 0. The van der Waals surface area contributed by atoms with Crippen LogP contribution in [0, 0.1) is 20.9 Å². The quantitative estimate of drug-likeness (QED) is 0.134. The van der Waals surface area contributed by atoms with E-state index in [0.717, 1.165) is 6.08 Å². The Bertz CT molecular complexity index is 1400. The average Bonchev–Trinajstić information content (AvgIpc) is 3.11. The molecule has 0 bridgehead atoms. The second kappa shape index (κ2) is 12.7. The van der Waals surface area contributed by atoms with Crippen LogP contribution in [-0.4, -0.2) is 44.8 Å². The van der Waals surface area contributed by atoms with Crippen molar-refractivity contribution in [2.45, 2.75) is 0 Å². The zero-order valence-electron chi connectivity index (χ0n) is 18.2. The Labute approximate surface area is 236 Å². The van der Waals surface area contributed by atoms with Crippen LogP contribution in [0.5, 0.6) is 0 Å². The van der Waals surface area contributed by atoms with E-state index < -0.39 is 30.7 Å². The van der Waals surface area contributed by atoms with Gasteiger partial charge in [-0.25, -0.2) is 0 Å². The van der Waals surface area contributed by atoms with E-state index in [0.29, 0.717) is 20.9 Å².